The molecule has 0 aliphatic heterocycles. The van der Waals surface area contributed by atoms with Crippen LogP contribution in [0.3, 0.4) is 0 Å². The van der Waals surface area contributed by atoms with E-state index < -0.39 is 0 Å². The van der Waals surface area contributed by atoms with E-state index in [1.807, 2.05) is 6.08 Å². The number of azide groups is 1. The van der Waals surface area contributed by atoms with Crippen LogP contribution in [-0.2, 0) is 0 Å². The van der Waals surface area contributed by atoms with Gasteiger partial charge in [-0.05, 0) is 24.1 Å². The first-order valence-electron chi connectivity index (χ1n) is 4.06. The quantitative estimate of drug-likeness (QED) is 0.337. The van der Waals surface area contributed by atoms with Crippen LogP contribution in [0.1, 0.15) is 12.1 Å². The summed E-state index contributed by atoms with van der Waals surface area (Å²) in [6.45, 7) is 0.427. The molecule has 1 aromatic heterocycles. The maximum Gasteiger partial charge on any atom is 0.264 e. The Balaban J connectivity index is 2.47. The van der Waals surface area contributed by atoms with E-state index in [1.165, 1.54) is 6.07 Å². The van der Waals surface area contributed by atoms with Gasteiger partial charge in [-0.2, -0.15) is 5.10 Å². The predicted octanol–water partition coefficient (Wildman–Crippen LogP) is 1.48. The van der Waals surface area contributed by atoms with Gasteiger partial charge in [0.2, 0.25) is 0 Å². The summed E-state index contributed by atoms with van der Waals surface area (Å²) in [5, 5.41) is 9.45. The topological polar surface area (TPSA) is 94.5 Å². The van der Waals surface area contributed by atoms with E-state index in [2.05, 4.69) is 20.2 Å². The van der Waals surface area contributed by atoms with E-state index in [9.17, 15) is 4.79 Å². The Labute approximate surface area is 79.9 Å². The molecule has 0 aliphatic carbocycles. The molecule has 0 unspecified atom stereocenters. The van der Waals surface area contributed by atoms with E-state index in [0.29, 0.717) is 18.7 Å². The highest BCUT2D eigenvalue weighted by molar-refractivity contribution is 5.42. The van der Waals surface area contributed by atoms with E-state index in [1.54, 1.807) is 12.1 Å². The number of rotatable bonds is 4. The lowest BCUT2D eigenvalue weighted by Crippen LogP contribution is -2.05. The molecule has 72 valence electrons. The van der Waals surface area contributed by atoms with Crippen LogP contribution in [-0.4, -0.2) is 16.7 Å². The lowest BCUT2D eigenvalue weighted by Gasteiger charge is -1.89. The number of hydrogen-bond donors (Lipinski definition) is 1. The molecule has 1 aromatic rings. The number of aromatic amines is 1. The molecule has 6 nitrogen and oxygen atoms in total. The van der Waals surface area contributed by atoms with Crippen LogP contribution in [0.4, 0.5) is 0 Å². The Hall–Kier alpha value is -2.07. The SMILES string of the molecule is [N-]=[N+]=NCCC=Cc1ccc(=O)[nH]n1. The van der Waals surface area contributed by atoms with Gasteiger partial charge in [-0.15, -0.1) is 0 Å². The Morgan fingerprint density at radius 3 is 3.14 bits per heavy atom. The van der Waals surface area contributed by atoms with Gasteiger partial charge in [0, 0.05) is 17.5 Å². The maximum atomic E-state index is 10.6. The Kier molecular flexibility index (Phi) is 3.97. The molecule has 0 aromatic carbocycles. The summed E-state index contributed by atoms with van der Waals surface area (Å²) >= 11 is 0. The molecule has 1 heterocycles. The minimum atomic E-state index is -0.226. The van der Waals surface area contributed by atoms with Gasteiger partial charge in [-0.3, -0.25) is 4.79 Å². The minimum Gasteiger partial charge on any atom is -0.268 e. The summed E-state index contributed by atoms with van der Waals surface area (Å²) in [5.41, 5.74) is 8.44. The fraction of sp³-hybridized carbons (Fsp3) is 0.250. The third-order valence-corrected chi connectivity index (χ3v) is 1.45. The van der Waals surface area contributed by atoms with Crippen LogP contribution < -0.4 is 5.56 Å². The smallest absolute Gasteiger partial charge is 0.264 e. The van der Waals surface area contributed by atoms with Crippen LogP contribution >= 0.6 is 0 Å². The van der Waals surface area contributed by atoms with E-state index in [-0.39, 0.29) is 5.56 Å². The Morgan fingerprint density at radius 2 is 2.50 bits per heavy atom. The van der Waals surface area contributed by atoms with E-state index in [0.717, 1.165) is 0 Å². The first-order valence-corrected chi connectivity index (χ1v) is 4.06. The molecule has 0 bridgehead atoms. The molecule has 0 spiro atoms. The van der Waals surface area contributed by atoms with Crippen molar-refractivity contribution >= 4 is 6.08 Å². The molecule has 0 saturated heterocycles. The first kappa shape index (κ1) is 10.0. The number of H-pyrrole nitrogens is 1. The van der Waals surface area contributed by atoms with Gasteiger partial charge < -0.3 is 0 Å². The molecule has 0 atom stereocenters. The van der Waals surface area contributed by atoms with Gasteiger partial charge in [-0.25, -0.2) is 5.10 Å². The van der Waals surface area contributed by atoms with Crippen LogP contribution in [0.5, 0.6) is 0 Å². The second-order valence-corrected chi connectivity index (χ2v) is 2.49. The first-order chi connectivity index (χ1) is 6.83. The zero-order chi connectivity index (χ0) is 10.2. The molecule has 0 fully saturated rings. The zero-order valence-electron chi connectivity index (χ0n) is 7.42. The predicted molar refractivity (Wildman–Crippen MR) is 52.5 cm³/mol. The molecule has 1 rings (SSSR count). The molecule has 0 aliphatic rings. The lowest BCUT2D eigenvalue weighted by atomic mass is 10.3. The van der Waals surface area contributed by atoms with Crippen LogP contribution in [0, 0.1) is 0 Å². The maximum absolute atomic E-state index is 10.6. The summed E-state index contributed by atoms with van der Waals surface area (Å²) in [6.07, 6.45) is 4.24. The van der Waals surface area contributed by atoms with Crippen molar-refractivity contribution in [3.05, 3.63) is 44.7 Å². The second kappa shape index (κ2) is 5.55. The fourth-order valence-corrected chi connectivity index (χ4v) is 0.829. The monoisotopic (exact) mass is 191 g/mol. The highest BCUT2D eigenvalue weighted by Crippen LogP contribution is 1.94. The number of nitrogens with zero attached hydrogens (tertiary/aromatic N) is 4. The standard InChI is InChI=1S/C8H9N5O/c9-13-10-6-2-1-3-7-4-5-8(14)12-11-7/h1,3-5H,2,6H2,(H,12,14). The van der Waals surface area contributed by atoms with Crippen LogP contribution in [0.15, 0.2) is 28.1 Å². The average molecular weight is 191 g/mol. The molecule has 0 radical (unpaired) electrons. The Morgan fingerprint density at radius 1 is 1.64 bits per heavy atom. The summed E-state index contributed by atoms with van der Waals surface area (Å²) in [6, 6.07) is 3.02. The highest BCUT2D eigenvalue weighted by Gasteiger charge is 1.86. The van der Waals surface area contributed by atoms with Crippen molar-refractivity contribution in [3.63, 3.8) is 0 Å². The summed E-state index contributed by atoms with van der Waals surface area (Å²) in [5.74, 6) is 0. The van der Waals surface area contributed by atoms with Gasteiger partial charge in [0.1, 0.15) is 0 Å². The van der Waals surface area contributed by atoms with Crippen molar-refractivity contribution in [2.75, 3.05) is 6.54 Å². The highest BCUT2D eigenvalue weighted by atomic mass is 16.1. The van der Waals surface area contributed by atoms with E-state index in [4.69, 9.17) is 5.53 Å². The molecule has 0 saturated carbocycles. The fourth-order valence-electron chi connectivity index (χ4n) is 0.829. The van der Waals surface area contributed by atoms with Crippen LogP contribution in [0.2, 0.25) is 0 Å². The third-order valence-electron chi connectivity index (χ3n) is 1.45. The van der Waals surface area contributed by atoms with Crippen molar-refractivity contribution in [2.24, 2.45) is 5.11 Å². The second-order valence-electron chi connectivity index (χ2n) is 2.49. The van der Waals surface area contributed by atoms with Crippen molar-refractivity contribution in [2.45, 2.75) is 6.42 Å². The van der Waals surface area contributed by atoms with Crippen molar-refractivity contribution in [1.29, 1.82) is 0 Å². The molecule has 14 heavy (non-hydrogen) atoms. The third kappa shape index (κ3) is 3.55. The summed E-state index contributed by atoms with van der Waals surface area (Å²) < 4.78 is 0. The normalized spacial score (nSPS) is 10.0. The zero-order valence-corrected chi connectivity index (χ0v) is 7.42. The van der Waals surface area contributed by atoms with Gasteiger partial charge in [-0.1, -0.05) is 11.2 Å². The number of nitrogens with one attached hydrogen (secondary N) is 1. The van der Waals surface area contributed by atoms with Gasteiger partial charge in [0.05, 0.1) is 5.69 Å². The van der Waals surface area contributed by atoms with Gasteiger partial charge >= 0.3 is 0 Å². The lowest BCUT2D eigenvalue weighted by molar-refractivity contribution is 0.970. The molecular formula is C8H9N5O. The number of hydrogen-bond acceptors (Lipinski definition) is 3. The van der Waals surface area contributed by atoms with Crippen molar-refractivity contribution < 1.29 is 0 Å². The largest absolute Gasteiger partial charge is 0.268 e. The van der Waals surface area contributed by atoms with Gasteiger partial charge in [0.25, 0.3) is 5.56 Å². The average Bonchev–Trinajstić information content (AvgIpc) is 2.21. The molecular weight excluding hydrogens is 182 g/mol. The Bertz CT molecular complexity index is 395. The van der Waals surface area contributed by atoms with Crippen molar-refractivity contribution in [3.8, 4) is 0 Å². The van der Waals surface area contributed by atoms with E-state index >= 15 is 0 Å². The van der Waals surface area contributed by atoms with Gasteiger partial charge in [0.15, 0.2) is 0 Å². The summed E-state index contributed by atoms with van der Waals surface area (Å²) in [7, 11) is 0. The molecule has 0 amide bonds. The molecule has 6 heteroatoms. The summed E-state index contributed by atoms with van der Waals surface area (Å²) in [4.78, 5) is 13.3. The molecule has 1 N–H and O–H groups in total. The number of aromatic nitrogens is 2. The van der Waals surface area contributed by atoms with Crippen molar-refractivity contribution in [1.82, 2.24) is 10.2 Å². The van der Waals surface area contributed by atoms with Crippen LogP contribution in [0.25, 0.3) is 16.5 Å². The minimum absolute atomic E-state index is 0.226.